The average Bonchev–Trinajstić information content (AvgIpc) is 2.78. The van der Waals surface area contributed by atoms with E-state index in [0.29, 0.717) is 6.04 Å². The molecule has 0 bridgehead atoms. The molecule has 1 aliphatic heterocycles. The zero-order valence-corrected chi connectivity index (χ0v) is 9.89. The van der Waals surface area contributed by atoms with E-state index in [1.807, 2.05) is 24.3 Å². The van der Waals surface area contributed by atoms with Gasteiger partial charge in [0.05, 0.1) is 0 Å². The molecule has 0 N–H and O–H groups in total. The summed E-state index contributed by atoms with van der Waals surface area (Å²) >= 11 is 0. The quantitative estimate of drug-likeness (QED) is 0.721. The number of aldehydes is 1. The van der Waals surface area contributed by atoms with Crippen molar-refractivity contribution < 1.29 is 4.79 Å². The standard InChI is InChI=1S/C13H18N2O/c1-14(2)13-7-8-15(9-13)12-5-3-11(10-16)4-6-12/h3-6,10,13H,7-9H2,1-2H3/t13-/m0/s1. The van der Waals surface area contributed by atoms with Gasteiger partial charge in [-0.1, -0.05) is 0 Å². The maximum Gasteiger partial charge on any atom is 0.150 e. The summed E-state index contributed by atoms with van der Waals surface area (Å²) in [5.41, 5.74) is 1.96. The highest BCUT2D eigenvalue weighted by Crippen LogP contribution is 2.22. The lowest BCUT2D eigenvalue weighted by Gasteiger charge is -2.21. The van der Waals surface area contributed by atoms with Gasteiger partial charge in [-0.2, -0.15) is 0 Å². The third-order valence-corrected chi connectivity index (χ3v) is 3.29. The molecule has 0 saturated carbocycles. The second-order valence-corrected chi connectivity index (χ2v) is 4.56. The predicted octanol–water partition coefficient (Wildman–Crippen LogP) is 1.64. The molecule has 1 aromatic rings. The van der Waals surface area contributed by atoms with Gasteiger partial charge in [0.2, 0.25) is 0 Å². The van der Waals surface area contributed by atoms with Crippen LogP contribution in [0.1, 0.15) is 16.8 Å². The second kappa shape index (κ2) is 4.66. The van der Waals surface area contributed by atoms with Crippen LogP contribution in [0.15, 0.2) is 24.3 Å². The molecule has 1 saturated heterocycles. The molecule has 1 heterocycles. The average molecular weight is 218 g/mol. The van der Waals surface area contributed by atoms with Crippen molar-refractivity contribution in [3.05, 3.63) is 29.8 Å². The fourth-order valence-electron chi connectivity index (χ4n) is 2.16. The number of carbonyl (C=O) groups excluding carboxylic acids is 1. The largest absolute Gasteiger partial charge is 0.370 e. The number of nitrogens with zero attached hydrogens (tertiary/aromatic N) is 2. The lowest BCUT2D eigenvalue weighted by molar-refractivity contribution is 0.112. The van der Waals surface area contributed by atoms with Gasteiger partial charge in [0, 0.05) is 30.4 Å². The number of hydrogen-bond acceptors (Lipinski definition) is 3. The van der Waals surface area contributed by atoms with Gasteiger partial charge in [-0.05, 0) is 44.8 Å². The molecule has 1 atom stereocenters. The van der Waals surface area contributed by atoms with Crippen LogP contribution in [0.3, 0.4) is 0 Å². The minimum atomic E-state index is 0.644. The lowest BCUT2D eigenvalue weighted by atomic mass is 10.2. The van der Waals surface area contributed by atoms with Gasteiger partial charge in [-0.15, -0.1) is 0 Å². The molecule has 86 valence electrons. The third-order valence-electron chi connectivity index (χ3n) is 3.29. The first-order valence-corrected chi connectivity index (χ1v) is 5.67. The van der Waals surface area contributed by atoms with Crippen LogP contribution in [0, 0.1) is 0 Å². The van der Waals surface area contributed by atoms with Gasteiger partial charge < -0.3 is 9.80 Å². The number of benzene rings is 1. The number of carbonyl (C=O) groups is 1. The Morgan fingerprint density at radius 3 is 2.50 bits per heavy atom. The maximum absolute atomic E-state index is 10.6. The molecule has 0 amide bonds. The first-order valence-electron chi connectivity index (χ1n) is 5.67. The minimum Gasteiger partial charge on any atom is -0.370 e. The number of anilines is 1. The summed E-state index contributed by atoms with van der Waals surface area (Å²) in [4.78, 5) is 15.2. The molecule has 1 fully saturated rings. The summed E-state index contributed by atoms with van der Waals surface area (Å²) in [6.45, 7) is 2.18. The van der Waals surface area contributed by atoms with Crippen LogP contribution in [0.25, 0.3) is 0 Å². The van der Waals surface area contributed by atoms with E-state index in [-0.39, 0.29) is 0 Å². The SMILES string of the molecule is CN(C)[C@H]1CCN(c2ccc(C=O)cc2)C1. The molecule has 1 aromatic carbocycles. The van der Waals surface area contributed by atoms with Crippen molar-refractivity contribution >= 4 is 12.0 Å². The first-order chi connectivity index (χ1) is 7.70. The van der Waals surface area contributed by atoms with Gasteiger partial charge in [0.15, 0.2) is 0 Å². The molecule has 3 nitrogen and oxygen atoms in total. The monoisotopic (exact) mass is 218 g/mol. The smallest absolute Gasteiger partial charge is 0.150 e. The normalized spacial score (nSPS) is 20.4. The molecule has 0 aliphatic carbocycles. The fourth-order valence-corrected chi connectivity index (χ4v) is 2.16. The van der Waals surface area contributed by atoms with E-state index in [2.05, 4.69) is 23.9 Å². The van der Waals surface area contributed by atoms with Crippen molar-refractivity contribution in [3.8, 4) is 0 Å². The Hall–Kier alpha value is -1.35. The molecule has 16 heavy (non-hydrogen) atoms. The van der Waals surface area contributed by atoms with Crippen LogP contribution in [0.5, 0.6) is 0 Å². The van der Waals surface area contributed by atoms with E-state index in [0.717, 1.165) is 24.9 Å². The van der Waals surface area contributed by atoms with Gasteiger partial charge in [-0.25, -0.2) is 0 Å². The van der Waals surface area contributed by atoms with Crippen LogP contribution in [-0.2, 0) is 0 Å². The highest BCUT2D eigenvalue weighted by Gasteiger charge is 2.23. The predicted molar refractivity (Wildman–Crippen MR) is 66.1 cm³/mol. The van der Waals surface area contributed by atoms with Crippen LogP contribution in [-0.4, -0.2) is 44.4 Å². The van der Waals surface area contributed by atoms with Crippen LogP contribution in [0.4, 0.5) is 5.69 Å². The highest BCUT2D eigenvalue weighted by atomic mass is 16.1. The molecular formula is C13H18N2O. The van der Waals surface area contributed by atoms with E-state index < -0.39 is 0 Å². The van der Waals surface area contributed by atoms with Gasteiger partial charge in [-0.3, -0.25) is 4.79 Å². The number of likely N-dealkylation sites (N-methyl/N-ethyl adjacent to an activating group) is 1. The van der Waals surface area contributed by atoms with Crippen LogP contribution < -0.4 is 4.90 Å². The fraction of sp³-hybridized carbons (Fsp3) is 0.462. The van der Waals surface area contributed by atoms with Crippen molar-refractivity contribution in [2.24, 2.45) is 0 Å². The van der Waals surface area contributed by atoms with E-state index in [4.69, 9.17) is 0 Å². The first kappa shape index (κ1) is 11.1. The topological polar surface area (TPSA) is 23.6 Å². The van der Waals surface area contributed by atoms with Crippen molar-refractivity contribution in [3.63, 3.8) is 0 Å². The summed E-state index contributed by atoms with van der Waals surface area (Å²) in [5, 5.41) is 0. The van der Waals surface area contributed by atoms with Gasteiger partial charge >= 0.3 is 0 Å². The van der Waals surface area contributed by atoms with Gasteiger partial charge in [0.1, 0.15) is 6.29 Å². The molecule has 2 rings (SSSR count). The van der Waals surface area contributed by atoms with E-state index in [1.165, 1.54) is 12.1 Å². The Morgan fingerprint density at radius 2 is 2.00 bits per heavy atom. The molecule has 0 unspecified atom stereocenters. The Balaban J connectivity index is 2.05. The number of rotatable bonds is 3. The van der Waals surface area contributed by atoms with E-state index >= 15 is 0 Å². The summed E-state index contributed by atoms with van der Waals surface area (Å²) in [6.07, 6.45) is 2.10. The van der Waals surface area contributed by atoms with Gasteiger partial charge in [0.25, 0.3) is 0 Å². The number of hydrogen-bond donors (Lipinski definition) is 0. The van der Waals surface area contributed by atoms with E-state index in [1.54, 1.807) is 0 Å². The van der Waals surface area contributed by atoms with Crippen molar-refractivity contribution in [1.29, 1.82) is 0 Å². The second-order valence-electron chi connectivity index (χ2n) is 4.56. The molecular weight excluding hydrogens is 200 g/mol. The summed E-state index contributed by atoms with van der Waals surface area (Å²) in [6, 6.07) is 8.46. The Bertz CT molecular complexity index is 359. The molecule has 0 spiro atoms. The van der Waals surface area contributed by atoms with Crippen LogP contribution in [0.2, 0.25) is 0 Å². The van der Waals surface area contributed by atoms with Crippen LogP contribution >= 0.6 is 0 Å². The maximum atomic E-state index is 10.6. The molecule has 0 radical (unpaired) electrons. The zero-order valence-electron chi connectivity index (χ0n) is 9.89. The van der Waals surface area contributed by atoms with Crippen molar-refractivity contribution in [1.82, 2.24) is 4.90 Å². The zero-order chi connectivity index (χ0) is 11.5. The van der Waals surface area contributed by atoms with Crippen molar-refractivity contribution in [2.75, 3.05) is 32.1 Å². The summed E-state index contributed by atoms with van der Waals surface area (Å²) in [5.74, 6) is 0. The third kappa shape index (κ3) is 2.25. The molecule has 3 heteroatoms. The molecule has 1 aliphatic rings. The summed E-state index contributed by atoms with van der Waals surface area (Å²) < 4.78 is 0. The lowest BCUT2D eigenvalue weighted by Crippen LogP contribution is -2.31. The Labute approximate surface area is 96.7 Å². The Kier molecular flexibility index (Phi) is 3.25. The minimum absolute atomic E-state index is 0.644. The Morgan fingerprint density at radius 1 is 1.31 bits per heavy atom. The summed E-state index contributed by atoms with van der Waals surface area (Å²) in [7, 11) is 4.26. The highest BCUT2D eigenvalue weighted by molar-refractivity contribution is 5.75. The van der Waals surface area contributed by atoms with Crippen molar-refractivity contribution in [2.45, 2.75) is 12.5 Å². The van der Waals surface area contributed by atoms with E-state index in [9.17, 15) is 4.79 Å². The molecule has 0 aromatic heterocycles.